The van der Waals surface area contributed by atoms with Gasteiger partial charge in [0.1, 0.15) is 0 Å². The van der Waals surface area contributed by atoms with E-state index in [2.05, 4.69) is 17.1 Å². The normalized spacial score (nSPS) is 34.2. The molecule has 3 nitrogen and oxygen atoms in total. The van der Waals surface area contributed by atoms with E-state index in [9.17, 15) is 0 Å². The zero-order valence-electron chi connectivity index (χ0n) is 9.87. The second-order valence-electron chi connectivity index (χ2n) is 4.66. The van der Waals surface area contributed by atoms with E-state index in [0.29, 0.717) is 0 Å². The molecule has 1 saturated carbocycles. The van der Waals surface area contributed by atoms with E-state index < -0.39 is 0 Å². The Morgan fingerprint density at radius 1 is 1.20 bits per heavy atom. The van der Waals surface area contributed by atoms with Crippen LogP contribution in [-0.4, -0.2) is 49.8 Å². The molecule has 2 atom stereocenters. The zero-order chi connectivity index (χ0) is 10.5. The fourth-order valence-corrected chi connectivity index (χ4v) is 2.97. The maximum atomic E-state index is 5.52. The first-order chi connectivity index (χ1) is 7.42. The summed E-state index contributed by atoms with van der Waals surface area (Å²) in [4.78, 5) is 2.65. The SMILES string of the molecule is CCNC1CCCC1N1CCCOCC1. The molecule has 1 N–H and O–H groups in total. The average Bonchev–Trinajstić information content (AvgIpc) is 2.53. The van der Waals surface area contributed by atoms with Crippen molar-refractivity contribution in [3.05, 3.63) is 0 Å². The highest BCUT2D eigenvalue weighted by molar-refractivity contribution is 4.90. The van der Waals surface area contributed by atoms with Crippen molar-refractivity contribution in [2.24, 2.45) is 0 Å². The van der Waals surface area contributed by atoms with Crippen LogP contribution in [0.5, 0.6) is 0 Å². The zero-order valence-corrected chi connectivity index (χ0v) is 9.87. The molecular formula is C12H24N2O. The summed E-state index contributed by atoms with van der Waals surface area (Å²) >= 11 is 0. The Morgan fingerprint density at radius 3 is 3.00 bits per heavy atom. The molecule has 88 valence electrons. The van der Waals surface area contributed by atoms with Crippen molar-refractivity contribution in [3.63, 3.8) is 0 Å². The third kappa shape index (κ3) is 2.92. The van der Waals surface area contributed by atoms with E-state index in [0.717, 1.165) is 38.4 Å². The summed E-state index contributed by atoms with van der Waals surface area (Å²) in [6.45, 7) is 7.55. The van der Waals surface area contributed by atoms with Gasteiger partial charge < -0.3 is 10.1 Å². The predicted molar refractivity (Wildman–Crippen MR) is 62.1 cm³/mol. The van der Waals surface area contributed by atoms with Crippen molar-refractivity contribution in [1.29, 1.82) is 0 Å². The first-order valence-electron chi connectivity index (χ1n) is 6.47. The van der Waals surface area contributed by atoms with Gasteiger partial charge in [-0.15, -0.1) is 0 Å². The van der Waals surface area contributed by atoms with Gasteiger partial charge in [0.2, 0.25) is 0 Å². The molecular weight excluding hydrogens is 188 g/mol. The number of likely N-dealkylation sites (N-methyl/N-ethyl adjacent to an activating group) is 1. The van der Waals surface area contributed by atoms with Crippen LogP contribution in [0.2, 0.25) is 0 Å². The van der Waals surface area contributed by atoms with Gasteiger partial charge in [0.05, 0.1) is 6.61 Å². The monoisotopic (exact) mass is 212 g/mol. The third-order valence-electron chi connectivity index (χ3n) is 3.67. The molecule has 0 amide bonds. The number of nitrogens with zero attached hydrogens (tertiary/aromatic N) is 1. The first-order valence-corrected chi connectivity index (χ1v) is 6.47. The van der Waals surface area contributed by atoms with Crippen LogP contribution < -0.4 is 5.32 Å². The molecule has 2 rings (SSSR count). The lowest BCUT2D eigenvalue weighted by Crippen LogP contribution is -2.47. The van der Waals surface area contributed by atoms with Gasteiger partial charge in [-0.2, -0.15) is 0 Å². The molecule has 1 aliphatic carbocycles. The van der Waals surface area contributed by atoms with Crippen molar-refractivity contribution in [3.8, 4) is 0 Å². The molecule has 1 aliphatic heterocycles. The molecule has 2 fully saturated rings. The molecule has 15 heavy (non-hydrogen) atoms. The van der Waals surface area contributed by atoms with Gasteiger partial charge in [-0.3, -0.25) is 4.90 Å². The molecule has 2 unspecified atom stereocenters. The molecule has 0 aromatic rings. The molecule has 0 aromatic carbocycles. The van der Waals surface area contributed by atoms with Crippen LogP contribution in [0.1, 0.15) is 32.6 Å². The number of hydrogen-bond donors (Lipinski definition) is 1. The lowest BCUT2D eigenvalue weighted by Gasteiger charge is -2.32. The minimum atomic E-state index is 0.730. The summed E-state index contributed by atoms with van der Waals surface area (Å²) < 4.78 is 5.52. The Bertz CT molecular complexity index is 178. The van der Waals surface area contributed by atoms with Gasteiger partial charge >= 0.3 is 0 Å². The van der Waals surface area contributed by atoms with Gasteiger partial charge in [-0.1, -0.05) is 13.3 Å². The van der Waals surface area contributed by atoms with Crippen LogP contribution in [-0.2, 0) is 4.74 Å². The molecule has 0 aromatic heterocycles. The highest BCUT2D eigenvalue weighted by atomic mass is 16.5. The fraction of sp³-hybridized carbons (Fsp3) is 1.00. The van der Waals surface area contributed by atoms with Crippen LogP contribution in [0.3, 0.4) is 0 Å². The van der Waals surface area contributed by atoms with Gasteiger partial charge in [-0.05, 0) is 25.8 Å². The number of hydrogen-bond acceptors (Lipinski definition) is 3. The lowest BCUT2D eigenvalue weighted by atomic mass is 10.1. The largest absolute Gasteiger partial charge is 0.380 e. The Balaban J connectivity index is 1.89. The highest BCUT2D eigenvalue weighted by Gasteiger charge is 2.31. The Hall–Kier alpha value is -0.120. The van der Waals surface area contributed by atoms with E-state index >= 15 is 0 Å². The minimum Gasteiger partial charge on any atom is -0.380 e. The lowest BCUT2D eigenvalue weighted by molar-refractivity contribution is 0.126. The summed E-state index contributed by atoms with van der Waals surface area (Å²) in [6, 6.07) is 1.50. The maximum absolute atomic E-state index is 5.52. The van der Waals surface area contributed by atoms with E-state index in [4.69, 9.17) is 4.74 Å². The van der Waals surface area contributed by atoms with Gasteiger partial charge in [0.15, 0.2) is 0 Å². The van der Waals surface area contributed by atoms with E-state index in [-0.39, 0.29) is 0 Å². The molecule has 1 heterocycles. The Labute approximate surface area is 93.2 Å². The van der Waals surface area contributed by atoms with Gasteiger partial charge in [0.25, 0.3) is 0 Å². The first kappa shape index (κ1) is 11.4. The molecule has 3 heteroatoms. The van der Waals surface area contributed by atoms with Crippen LogP contribution in [0.15, 0.2) is 0 Å². The van der Waals surface area contributed by atoms with Crippen molar-refractivity contribution >= 4 is 0 Å². The second-order valence-corrected chi connectivity index (χ2v) is 4.66. The maximum Gasteiger partial charge on any atom is 0.0593 e. The van der Waals surface area contributed by atoms with Crippen LogP contribution in [0.25, 0.3) is 0 Å². The smallest absolute Gasteiger partial charge is 0.0593 e. The number of nitrogens with one attached hydrogen (secondary N) is 1. The van der Waals surface area contributed by atoms with E-state index in [1.807, 2.05) is 0 Å². The summed E-state index contributed by atoms with van der Waals surface area (Å²) in [7, 11) is 0. The van der Waals surface area contributed by atoms with Gasteiger partial charge in [-0.25, -0.2) is 0 Å². The van der Waals surface area contributed by atoms with Crippen LogP contribution >= 0.6 is 0 Å². The minimum absolute atomic E-state index is 0.730. The van der Waals surface area contributed by atoms with Crippen molar-refractivity contribution in [1.82, 2.24) is 10.2 Å². The standard InChI is InChI=1S/C12H24N2O/c1-2-13-11-5-3-6-12(11)14-7-4-9-15-10-8-14/h11-13H,2-10H2,1H3. The van der Waals surface area contributed by atoms with Crippen molar-refractivity contribution < 1.29 is 4.74 Å². The van der Waals surface area contributed by atoms with Crippen LogP contribution in [0.4, 0.5) is 0 Å². The van der Waals surface area contributed by atoms with E-state index in [1.165, 1.54) is 32.2 Å². The molecule has 0 bridgehead atoms. The van der Waals surface area contributed by atoms with Gasteiger partial charge in [0, 0.05) is 31.8 Å². The quantitative estimate of drug-likeness (QED) is 0.762. The molecule has 0 radical (unpaired) electrons. The summed E-state index contributed by atoms with van der Waals surface area (Å²) in [6.07, 6.45) is 5.32. The average molecular weight is 212 g/mol. The Kier molecular flexibility index (Phi) is 4.42. The number of rotatable bonds is 3. The fourth-order valence-electron chi connectivity index (χ4n) is 2.97. The summed E-state index contributed by atoms with van der Waals surface area (Å²) in [5.74, 6) is 0. The third-order valence-corrected chi connectivity index (χ3v) is 3.67. The predicted octanol–water partition coefficient (Wildman–Crippen LogP) is 1.24. The van der Waals surface area contributed by atoms with Crippen molar-refractivity contribution in [2.45, 2.75) is 44.7 Å². The number of ether oxygens (including phenoxy) is 1. The highest BCUT2D eigenvalue weighted by Crippen LogP contribution is 2.24. The van der Waals surface area contributed by atoms with E-state index in [1.54, 1.807) is 0 Å². The molecule has 0 spiro atoms. The molecule has 2 aliphatic rings. The summed E-state index contributed by atoms with van der Waals surface area (Å²) in [5.41, 5.74) is 0. The topological polar surface area (TPSA) is 24.5 Å². The summed E-state index contributed by atoms with van der Waals surface area (Å²) in [5, 5.41) is 3.63. The second kappa shape index (κ2) is 5.83. The van der Waals surface area contributed by atoms with Crippen molar-refractivity contribution in [2.75, 3.05) is 32.8 Å². The van der Waals surface area contributed by atoms with Crippen LogP contribution in [0, 0.1) is 0 Å². The Morgan fingerprint density at radius 2 is 2.13 bits per heavy atom. The molecule has 1 saturated heterocycles.